The Morgan fingerprint density at radius 1 is 1.38 bits per heavy atom. The minimum atomic E-state index is -0.869. The van der Waals surface area contributed by atoms with Crippen LogP contribution in [-0.4, -0.2) is 27.6 Å². The molecule has 0 aliphatic carbocycles. The largest absolute Gasteiger partial charge is 0.444 e. The Kier molecular flexibility index (Phi) is 5.67. The number of amides is 2. The molecule has 2 N–H and O–H groups in total. The smallest absolute Gasteiger partial charge is 0.407 e. The summed E-state index contributed by atoms with van der Waals surface area (Å²) in [6, 6.07) is 1.54. The molecule has 0 spiro atoms. The molecule has 0 radical (unpaired) electrons. The summed E-state index contributed by atoms with van der Waals surface area (Å²) in [5, 5.41) is 5.30. The second kappa shape index (κ2) is 7.20. The number of alkyl carbamates (subject to hydrolysis) is 1. The number of ether oxygens (including phenoxy) is 1. The number of halogens is 3. The molecule has 3 atom stereocenters. The van der Waals surface area contributed by atoms with Crippen molar-refractivity contribution < 1.29 is 23.1 Å². The van der Waals surface area contributed by atoms with E-state index >= 15 is 0 Å². The normalized spacial score (nSPS) is 24.2. The summed E-state index contributed by atoms with van der Waals surface area (Å²) in [4.78, 5) is 24.0. The van der Waals surface area contributed by atoms with Crippen molar-refractivity contribution in [1.29, 1.82) is 0 Å². The molecular weight excluding hydrogens is 433 g/mol. The zero-order chi connectivity index (χ0) is 18.1. The van der Waals surface area contributed by atoms with Gasteiger partial charge >= 0.3 is 6.09 Å². The van der Waals surface area contributed by atoms with Crippen molar-refractivity contribution in [2.24, 2.45) is 0 Å². The highest BCUT2D eigenvalue weighted by molar-refractivity contribution is 14.1. The van der Waals surface area contributed by atoms with Crippen molar-refractivity contribution in [1.82, 2.24) is 10.6 Å². The molecule has 8 heteroatoms. The van der Waals surface area contributed by atoms with E-state index in [1.54, 1.807) is 20.8 Å². The first-order valence-electron chi connectivity index (χ1n) is 7.46. The predicted octanol–water partition coefficient (Wildman–Crippen LogP) is 3.22. The van der Waals surface area contributed by atoms with Gasteiger partial charge in [-0.1, -0.05) is 22.6 Å². The molecule has 1 aliphatic rings. The highest BCUT2D eigenvalue weighted by Crippen LogP contribution is 2.30. The fourth-order valence-electron chi connectivity index (χ4n) is 2.46. The van der Waals surface area contributed by atoms with Gasteiger partial charge in [-0.3, -0.25) is 4.79 Å². The van der Waals surface area contributed by atoms with Crippen molar-refractivity contribution in [3.63, 3.8) is 0 Å². The van der Waals surface area contributed by atoms with Gasteiger partial charge in [-0.2, -0.15) is 0 Å². The van der Waals surface area contributed by atoms with E-state index in [-0.39, 0.29) is 17.9 Å². The molecule has 2 amide bonds. The molecule has 1 saturated heterocycles. The zero-order valence-electron chi connectivity index (χ0n) is 13.5. The first-order chi connectivity index (χ1) is 11.1. The van der Waals surface area contributed by atoms with Crippen LogP contribution in [0.3, 0.4) is 0 Å². The quantitative estimate of drug-likeness (QED) is 0.535. The van der Waals surface area contributed by atoms with E-state index in [4.69, 9.17) is 4.74 Å². The standard InChI is InChI=1S/C16H19F2IN2O3/c1-16(2,3)24-15(23)20-12-7-11(19)14(22)21-13(12)9-6-8(17)4-5-10(9)18/h4-6,11-13H,7H2,1-3H3,(H,20,23)(H,21,22)/t11?,12-,13+/m0/s1. The lowest BCUT2D eigenvalue weighted by Crippen LogP contribution is -2.54. The summed E-state index contributed by atoms with van der Waals surface area (Å²) in [5.74, 6) is -1.55. The number of hydrogen-bond donors (Lipinski definition) is 2. The van der Waals surface area contributed by atoms with Gasteiger partial charge in [-0.25, -0.2) is 13.6 Å². The molecule has 5 nitrogen and oxygen atoms in total. The van der Waals surface area contributed by atoms with E-state index in [1.165, 1.54) is 0 Å². The van der Waals surface area contributed by atoms with Gasteiger partial charge in [0.25, 0.3) is 0 Å². The summed E-state index contributed by atoms with van der Waals surface area (Å²) in [6.45, 7) is 5.17. The van der Waals surface area contributed by atoms with Gasteiger partial charge in [-0.05, 0) is 45.4 Å². The van der Waals surface area contributed by atoms with Crippen LogP contribution in [0.1, 0.15) is 38.8 Å². The second-order valence-corrected chi connectivity index (χ2v) is 8.11. The van der Waals surface area contributed by atoms with E-state index in [0.29, 0.717) is 0 Å². The number of benzene rings is 1. The Morgan fingerprint density at radius 2 is 2.04 bits per heavy atom. The molecule has 1 heterocycles. The van der Waals surface area contributed by atoms with E-state index in [0.717, 1.165) is 18.2 Å². The predicted molar refractivity (Wildman–Crippen MR) is 92.8 cm³/mol. The van der Waals surface area contributed by atoms with Gasteiger partial charge in [0.1, 0.15) is 17.2 Å². The number of alkyl halides is 1. The van der Waals surface area contributed by atoms with Crippen LogP contribution >= 0.6 is 22.6 Å². The van der Waals surface area contributed by atoms with Crippen molar-refractivity contribution in [2.75, 3.05) is 0 Å². The molecule has 1 aliphatic heterocycles. The average molecular weight is 452 g/mol. The maximum Gasteiger partial charge on any atom is 0.407 e. The number of nitrogens with one attached hydrogen (secondary N) is 2. The van der Waals surface area contributed by atoms with Crippen molar-refractivity contribution in [3.05, 3.63) is 35.4 Å². The molecule has 1 aromatic carbocycles. The van der Waals surface area contributed by atoms with Crippen LogP contribution in [0.4, 0.5) is 13.6 Å². The minimum Gasteiger partial charge on any atom is -0.444 e. The highest BCUT2D eigenvalue weighted by Gasteiger charge is 2.38. The summed E-state index contributed by atoms with van der Waals surface area (Å²) in [7, 11) is 0. The van der Waals surface area contributed by atoms with E-state index < -0.39 is 39.3 Å². The first-order valence-corrected chi connectivity index (χ1v) is 8.70. The molecule has 2 rings (SSSR count). The lowest BCUT2D eigenvalue weighted by atomic mass is 9.91. The van der Waals surface area contributed by atoms with E-state index in [2.05, 4.69) is 10.6 Å². The topological polar surface area (TPSA) is 67.4 Å². The van der Waals surface area contributed by atoms with Crippen LogP contribution in [0.25, 0.3) is 0 Å². The van der Waals surface area contributed by atoms with Crippen LogP contribution in [-0.2, 0) is 9.53 Å². The molecule has 132 valence electrons. The van der Waals surface area contributed by atoms with Gasteiger partial charge in [0.05, 0.1) is 16.0 Å². The fraction of sp³-hybridized carbons (Fsp3) is 0.500. The molecule has 1 unspecified atom stereocenters. The highest BCUT2D eigenvalue weighted by atomic mass is 127. The number of hydrogen-bond acceptors (Lipinski definition) is 3. The SMILES string of the molecule is CC(C)(C)OC(=O)N[C@H]1CC(I)C(=O)N[C@@H]1c1cc(F)ccc1F. The maximum atomic E-state index is 14.1. The Labute approximate surface area is 152 Å². The Balaban J connectivity index is 2.26. The van der Waals surface area contributed by atoms with Crippen LogP contribution in [0.5, 0.6) is 0 Å². The monoisotopic (exact) mass is 452 g/mol. The molecule has 0 aromatic heterocycles. The van der Waals surface area contributed by atoms with Crippen LogP contribution in [0, 0.1) is 11.6 Å². The zero-order valence-corrected chi connectivity index (χ0v) is 15.7. The summed E-state index contributed by atoms with van der Waals surface area (Å²) in [6.07, 6.45) is -0.388. The Morgan fingerprint density at radius 3 is 2.67 bits per heavy atom. The third kappa shape index (κ3) is 4.78. The fourth-order valence-corrected chi connectivity index (χ4v) is 3.19. The van der Waals surface area contributed by atoms with Gasteiger partial charge in [0, 0.05) is 5.56 Å². The molecular formula is C16H19F2IN2O3. The molecule has 0 bridgehead atoms. The minimum absolute atomic E-state index is 0.00675. The third-order valence-electron chi connectivity index (χ3n) is 3.44. The summed E-state index contributed by atoms with van der Waals surface area (Å²) in [5.41, 5.74) is -0.696. The van der Waals surface area contributed by atoms with Gasteiger partial charge in [-0.15, -0.1) is 0 Å². The third-order valence-corrected chi connectivity index (χ3v) is 4.51. The number of piperidine rings is 1. The molecule has 24 heavy (non-hydrogen) atoms. The lowest BCUT2D eigenvalue weighted by molar-refractivity contribution is -0.123. The van der Waals surface area contributed by atoms with Crippen LogP contribution in [0.15, 0.2) is 18.2 Å². The van der Waals surface area contributed by atoms with Crippen LogP contribution < -0.4 is 10.6 Å². The maximum absolute atomic E-state index is 14.1. The molecule has 1 aromatic rings. The average Bonchev–Trinajstić information content (AvgIpc) is 2.43. The summed E-state index contributed by atoms with van der Waals surface area (Å²) >= 11 is 1.95. The number of carbonyl (C=O) groups is 2. The van der Waals surface area contributed by atoms with E-state index in [9.17, 15) is 18.4 Å². The molecule has 1 fully saturated rings. The number of carbonyl (C=O) groups excluding carboxylic acids is 2. The van der Waals surface area contributed by atoms with Gasteiger partial charge in [0.15, 0.2) is 0 Å². The van der Waals surface area contributed by atoms with Gasteiger partial charge < -0.3 is 15.4 Å². The molecule has 0 saturated carbocycles. The van der Waals surface area contributed by atoms with Crippen LogP contribution in [0.2, 0.25) is 0 Å². The van der Waals surface area contributed by atoms with Gasteiger partial charge in [0.2, 0.25) is 5.91 Å². The Bertz CT molecular complexity index is 649. The van der Waals surface area contributed by atoms with Crippen molar-refractivity contribution >= 4 is 34.6 Å². The Hall–Kier alpha value is -1.45. The first kappa shape index (κ1) is 18.9. The number of rotatable bonds is 2. The lowest BCUT2D eigenvalue weighted by Gasteiger charge is -2.36. The van der Waals surface area contributed by atoms with Crippen molar-refractivity contribution in [3.8, 4) is 0 Å². The second-order valence-electron chi connectivity index (χ2n) is 6.61. The van der Waals surface area contributed by atoms with E-state index in [1.807, 2.05) is 22.6 Å². The van der Waals surface area contributed by atoms with Crippen molar-refractivity contribution in [2.45, 2.75) is 48.8 Å². The summed E-state index contributed by atoms with van der Waals surface area (Å²) < 4.78 is 32.4.